The zero-order valence-corrected chi connectivity index (χ0v) is 16.6. The second-order valence-electron chi connectivity index (χ2n) is 9.32. The number of benzene rings is 1. The topological polar surface area (TPSA) is 61.4 Å². The molecule has 4 atom stereocenters. The van der Waals surface area contributed by atoms with E-state index in [1.54, 1.807) is 4.90 Å². The van der Waals surface area contributed by atoms with E-state index in [0.29, 0.717) is 12.5 Å². The van der Waals surface area contributed by atoms with Crippen molar-refractivity contribution in [3.05, 3.63) is 30.3 Å². The van der Waals surface area contributed by atoms with E-state index in [9.17, 15) is 9.59 Å². The number of anilines is 1. The van der Waals surface area contributed by atoms with Crippen molar-refractivity contribution in [3.63, 3.8) is 0 Å². The second-order valence-corrected chi connectivity index (χ2v) is 9.32. The molecule has 1 saturated heterocycles. The molecule has 1 aliphatic heterocycles. The third kappa shape index (κ3) is 2.91. The van der Waals surface area contributed by atoms with E-state index in [2.05, 4.69) is 31.4 Å². The quantitative estimate of drug-likeness (QED) is 0.845. The molecule has 146 valence electrons. The van der Waals surface area contributed by atoms with Crippen LogP contribution in [0.1, 0.15) is 52.9 Å². The smallest absolute Gasteiger partial charge is 0.318 e. The summed E-state index contributed by atoms with van der Waals surface area (Å²) in [7, 11) is 0. The molecule has 0 radical (unpaired) electrons. The summed E-state index contributed by atoms with van der Waals surface area (Å²) in [5, 5.41) is 6.25. The molecule has 1 heterocycles. The number of nitrogens with zero attached hydrogens (tertiary/aromatic N) is 1. The number of urea groups is 1. The number of nitrogens with one attached hydrogen (secondary N) is 2. The average molecular weight is 370 g/mol. The van der Waals surface area contributed by atoms with E-state index in [-0.39, 0.29) is 34.9 Å². The van der Waals surface area contributed by atoms with Gasteiger partial charge in [0.25, 0.3) is 0 Å². The Labute approximate surface area is 161 Å². The summed E-state index contributed by atoms with van der Waals surface area (Å²) in [6.07, 6.45) is 5.09. The van der Waals surface area contributed by atoms with Gasteiger partial charge >= 0.3 is 6.03 Å². The Balaban J connectivity index is 1.42. The molecular weight excluding hydrogens is 338 g/mol. The highest BCUT2D eigenvalue weighted by atomic mass is 16.2. The van der Waals surface area contributed by atoms with Crippen LogP contribution in [0.25, 0.3) is 0 Å². The van der Waals surface area contributed by atoms with Crippen LogP contribution in [0.3, 0.4) is 0 Å². The number of likely N-dealkylation sites (tertiary alicyclic amines) is 1. The summed E-state index contributed by atoms with van der Waals surface area (Å²) in [5.41, 5.74) is 1.19. The molecule has 2 saturated carbocycles. The van der Waals surface area contributed by atoms with Gasteiger partial charge < -0.3 is 15.5 Å². The van der Waals surface area contributed by atoms with Crippen molar-refractivity contribution >= 4 is 17.6 Å². The molecule has 2 bridgehead atoms. The summed E-state index contributed by atoms with van der Waals surface area (Å²) in [4.78, 5) is 27.5. The van der Waals surface area contributed by atoms with Crippen LogP contribution >= 0.6 is 0 Å². The van der Waals surface area contributed by atoms with Gasteiger partial charge in [-0.2, -0.15) is 0 Å². The molecule has 0 aromatic heterocycles. The lowest BCUT2D eigenvalue weighted by atomic mass is 9.69. The van der Waals surface area contributed by atoms with Crippen LogP contribution in [0.15, 0.2) is 30.3 Å². The van der Waals surface area contributed by atoms with Crippen molar-refractivity contribution in [1.82, 2.24) is 10.2 Å². The minimum atomic E-state index is -0.385. The highest BCUT2D eigenvalue weighted by Gasteiger charge is 2.61. The number of para-hydroxylation sites is 1. The molecule has 2 N–H and O–H groups in total. The third-order valence-electron chi connectivity index (χ3n) is 7.95. The Morgan fingerprint density at radius 2 is 1.85 bits per heavy atom. The summed E-state index contributed by atoms with van der Waals surface area (Å²) >= 11 is 0. The van der Waals surface area contributed by atoms with Gasteiger partial charge in [-0.3, -0.25) is 4.79 Å². The van der Waals surface area contributed by atoms with Gasteiger partial charge in [0.15, 0.2) is 0 Å². The minimum absolute atomic E-state index is 0.0738. The van der Waals surface area contributed by atoms with Crippen LogP contribution in [0.4, 0.5) is 10.5 Å². The number of hydrogen-bond donors (Lipinski definition) is 2. The van der Waals surface area contributed by atoms with E-state index < -0.39 is 0 Å². The van der Waals surface area contributed by atoms with E-state index in [0.717, 1.165) is 24.9 Å². The minimum Gasteiger partial charge on any atom is -0.335 e. The molecule has 5 nitrogen and oxygen atoms in total. The number of rotatable bonds is 3. The summed E-state index contributed by atoms with van der Waals surface area (Å²) in [6, 6.07) is 9.20. The van der Waals surface area contributed by atoms with Gasteiger partial charge in [-0.05, 0) is 61.0 Å². The second kappa shape index (κ2) is 6.54. The fourth-order valence-electron chi connectivity index (χ4n) is 5.68. The highest BCUT2D eigenvalue weighted by molar-refractivity contribution is 5.97. The van der Waals surface area contributed by atoms with Crippen LogP contribution in [-0.4, -0.2) is 35.5 Å². The molecule has 1 aromatic carbocycles. The predicted octanol–water partition coefficient (Wildman–Crippen LogP) is 4.01. The molecule has 5 heteroatoms. The molecule has 1 aromatic rings. The fourth-order valence-corrected chi connectivity index (χ4v) is 5.68. The molecule has 2 aliphatic carbocycles. The van der Waals surface area contributed by atoms with Crippen LogP contribution in [-0.2, 0) is 4.79 Å². The number of fused-ring (bicyclic) bond motifs is 2. The molecule has 4 unspecified atom stereocenters. The summed E-state index contributed by atoms with van der Waals surface area (Å²) < 4.78 is 0. The molecule has 3 fully saturated rings. The van der Waals surface area contributed by atoms with Gasteiger partial charge in [0, 0.05) is 18.3 Å². The summed E-state index contributed by atoms with van der Waals surface area (Å²) in [5.74, 6) is 0.594. The Morgan fingerprint density at radius 1 is 1.11 bits per heavy atom. The van der Waals surface area contributed by atoms with E-state index in [1.165, 1.54) is 12.8 Å². The van der Waals surface area contributed by atoms with Crippen molar-refractivity contribution in [1.29, 1.82) is 0 Å². The lowest BCUT2D eigenvalue weighted by Crippen LogP contribution is -2.54. The third-order valence-corrected chi connectivity index (χ3v) is 7.95. The molecule has 27 heavy (non-hydrogen) atoms. The first kappa shape index (κ1) is 18.3. The maximum absolute atomic E-state index is 13.0. The van der Waals surface area contributed by atoms with Gasteiger partial charge in [0.2, 0.25) is 5.91 Å². The Kier molecular flexibility index (Phi) is 4.44. The number of carbonyl (C=O) groups excluding carboxylic acids is 2. The van der Waals surface area contributed by atoms with Gasteiger partial charge in [-0.1, -0.05) is 39.0 Å². The lowest BCUT2D eigenvalue weighted by Gasteiger charge is -2.40. The van der Waals surface area contributed by atoms with Crippen molar-refractivity contribution in [3.8, 4) is 0 Å². The first-order valence-electron chi connectivity index (χ1n) is 10.3. The highest BCUT2D eigenvalue weighted by Crippen LogP contribution is 2.65. The SMILES string of the molecule is CC1(C)C2CCC1(C)C(NC(=O)N1CCCC1C(=O)Nc1ccccc1)C2. The van der Waals surface area contributed by atoms with Crippen LogP contribution in [0.2, 0.25) is 0 Å². The van der Waals surface area contributed by atoms with Crippen LogP contribution < -0.4 is 10.6 Å². The van der Waals surface area contributed by atoms with Gasteiger partial charge in [-0.25, -0.2) is 4.79 Å². The summed E-state index contributed by atoms with van der Waals surface area (Å²) in [6.45, 7) is 7.68. The van der Waals surface area contributed by atoms with Crippen molar-refractivity contribution in [2.45, 2.75) is 65.0 Å². The largest absolute Gasteiger partial charge is 0.335 e. The Hall–Kier alpha value is -2.04. The molecule has 0 spiro atoms. The van der Waals surface area contributed by atoms with Gasteiger partial charge in [0.05, 0.1) is 0 Å². The zero-order chi connectivity index (χ0) is 19.2. The maximum atomic E-state index is 13.0. The number of amides is 3. The number of hydrogen-bond acceptors (Lipinski definition) is 2. The predicted molar refractivity (Wildman–Crippen MR) is 106 cm³/mol. The lowest BCUT2D eigenvalue weighted by molar-refractivity contribution is -0.119. The van der Waals surface area contributed by atoms with Gasteiger partial charge in [0.1, 0.15) is 6.04 Å². The normalized spacial score (nSPS) is 33.9. The van der Waals surface area contributed by atoms with Crippen molar-refractivity contribution in [2.24, 2.45) is 16.7 Å². The monoisotopic (exact) mass is 369 g/mol. The van der Waals surface area contributed by atoms with E-state index in [1.807, 2.05) is 30.3 Å². The maximum Gasteiger partial charge on any atom is 0.318 e. The Morgan fingerprint density at radius 3 is 2.48 bits per heavy atom. The first-order valence-corrected chi connectivity index (χ1v) is 10.3. The van der Waals surface area contributed by atoms with Crippen molar-refractivity contribution < 1.29 is 9.59 Å². The Bertz CT molecular complexity index is 732. The van der Waals surface area contributed by atoms with Gasteiger partial charge in [-0.15, -0.1) is 0 Å². The van der Waals surface area contributed by atoms with E-state index >= 15 is 0 Å². The van der Waals surface area contributed by atoms with Crippen LogP contribution in [0, 0.1) is 16.7 Å². The molecule has 3 amide bonds. The first-order chi connectivity index (χ1) is 12.8. The number of carbonyl (C=O) groups is 2. The van der Waals surface area contributed by atoms with Crippen LogP contribution in [0.5, 0.6) is 0 Å². The molecule has 4 rings (SSSR count). The average Bonchev–Trinajstić information content (AvgIpc) is 3.26. The van der Waals surface area contributed by atoms with Crippen molar-refractivity contribution in [2.75, 3.05) is 11.9 Å². The zero-order valence-electron chi connectivity index (χ0n) is 16.6. The fraction of sp³-hybridized carbons (Fsp3) is 0.636. The molecule has 3 aliphatic rings. The standard InChI is InChI=1S/C22H31N3O2/c1-21(2)15-11-12-22(21,3)18(14-15)24-20(27)25-13-7-10-17(25)19(26)23-16-8-5-4-6-9-16/h4-6,8-9,15,17-18H,7,10-14H2,1-3H3,(H,23,26)(H,24,27). The molecular formula is C22H31N3O2. The van der Waals surface area contributed by atoms with E-state index in [4.69, 9.17) is 0 Å².